The van der Waals surface area contributed by atoms with Crippen LogP contribution in [0.4, 0.5) is 11.4 Å². The molecule has 0 spiro atoms. The summed E-state index contributed by atoms with van der Waals surface area (Å²) in [6.07, 6.45) is 0. The molecule has 0 fully saturated rings. The maximum absolute atomic E-state index is 12.4. The van der Waals surface area contributed by atoms with Gasteiger partial charge in [-0.05, 0) is 50.2 Å². The van der Waals surface area contributed by atoms with Crippen LogP contribution < -0.4 is 5.32 Å². The van der Waals surface area contributed by atoms with Crippen molar-refractivity contribution in [2.24, 2.45) is 0 Å². The number of amides is 1. The van der Waals surface area contributed by atoms with Crippen LogP contribution in [0.3, 0.4) is 0 Å². The molecule has 1 heterocycles. The van der Waals surface area contributed by atoms with E-state index in [1.165, 1.54) is 12.1 Å². The second-order valence-electron chi connectivity index (χ2n) is 5.61. The van der Waals surface area contributed by atoms with E-state index in [0.717, 1.165) is 17.1 Å². The van der Waals surface area contributed by atoms with E-state index in [1.54, 1.807) is 41.1 Å². The number of nitrogens with one attached hydrogen (secondary N) is 1. The van der Waals surface area contributed by atoms with Crippen molar-refractivity contribution in [1.29, 1.82) is 0 Å². The maximum Gasteiger partial charge on any atom is 0.292 e. The SMILES string of the molecule is Cc1cc(C)n(-c2ccc(C(=O)Nc3ccccc3[N+](=O)[O-])cc2)n1. The van der Waals surface area contributed by atoms with Crippen molar-refractivity contribution in [1.82, 2.24) is 9.78 Å². The molecule has 3 aromatic rings. The van der Waals surface area contributed by atoms with Crippen LogP contribution in [0.15, 0.2) is 54.6 Å². The first-order valence-corrected chi connectivity index (χ1v) is 7.64. The van der Waals surface area contributed by atoms with Gasteiger partial charge in [-0.1, -0.05) is 12.1 Å². The normalized spacial score (nSPS) is 10.5. The molecule has 1 amide bonds. The molecular formula is C18H16N4O3. The Morgan fingerprint density at radius 1 is 1.12 bits per heavy atom. The summed E-state index contributed by atoms with van der Waals surface area (Å²) in [5, 5.41) is 18.0. The number of nitro groups is 1. The summed E-state index contributed by atoms with van der Waals surface area (Å²) < 4.78 is 1.79. The van der Waals surface area contributed by atoms with Gasteiger partial charge in [-0.3, -0.25) is 14.9 Å². The van der Waals surface area contributed by atoms with Crippen LogP contribution in [0.5, 0.6) is 0 Å². The monoisotopic (exact) mass is 336 g/mol. The smallest absolute Gasteiger partial charge is 0.292 e. The zero-order valence-electron chi connectivity index (χ0n) is 13.8. The van der Waals surface area contributed by atoms with E-state index in [1.807, 2.05) is 19.9 Å². The van der Waals surface area contributed by atoms with Gasteiger partial charge in [0.05, 0.1) is 16.3 Å². The molecule has 0 aliphatic heterocycles. The zero-order chi connectivity index (χ0) is 18.0. The number of rotatable bonds is 4. The van der Waals surface area contributed by atoms with Crippen molar-refractivity contribution in [2.75, 3.05) is 5.32 Å². The molecule has 2 aromatic carbocycles. The van der Waals surface area contributed by atoms with Crippen LogP contribution in [0.2, 0.25) is 0 Å². The van der Waals surface area contributed by atoms with Crippen molar-refractivity contribution in [3.8, 4) is 5.69 Å². The zero-order valence-corrected chi connectivity index (χ0v) is 13.8. The molecule has 7 nitrogen and oxygen atoms in total. The highest BCUT2D eigenvalue weighted by Crippen LogP contribution is 2.24. The summed E-state index contributed by atoms with van der Waals surface area (Å²) >= 11 is 0. The lowest BCUT2D eigenvalue weighted by molar-refractivity contribution is -0.383. The highest BCUT2D eigenvalue weighted by atomic mass is 16.6. The van der Waals surface area contributed by atoms with Crippen molar-refractivity contribution in [3.63, 3.8) is 0 Å². The number of aromatic nitrogens is 2. The molecule has 1 aromatic heterocycles. The lowest BCUT2D eigenvalue weighted by atomic mass is 10.2. The first kappa shape index (κ1) is 16.4. The van der Waals surface area contributed by atoms with Gasteiger partial charge in [-0.25, -0.2) is 4.68 Å². The quantitative estimate of drug-likeness (QED) is 0.581. The number of carbonyl (C=O) groups is 1. The van der Waals surface area contributed by atoms with Gasteiger partial charge in [-0.2, -0.15) is 5.10 Å². The fraction of sp³-hybridized carbons (Fsp3) is 0.111. The molecule has 0 atom stereocenters. The lowest BCUT2D eigenvalue weighted by Gasteiger charge is -2.08. The Labute approximate surface area is 144 Å². The summed E-state index contributed by atoms with van der Waals surface area (Å²) in [7, 11) is 0. The molecule has 0 saturated carbocycles. The van der Waals surface area contributed by atoms with Gasteiger partial charge >= 0.3 is 0 Å². The Hall–Kier alpha value is -3.48. The highest BCUT2D eigenvalue weighted by Gasteiger charge is 2.15. The molecule has 126 valence electrons. The first-order chi connectivity index (χ1) is 12.0. The second-order valence-corrected chi connectivity index (χ2v) is 5.61. The van der Waals surface area contributed by atoms with E-state index >= 15 is 0 Å². The molecule has 0 aliphatic rings. The van der Waals surface area contributed by atoms with Crippen LogP contribution in [-0.2, 0) is 0 Å². The number of para-hydroxylation sites is 2. The van der Waals surface area contributed by atoms with E-state index in [4.69, 9.17) is 0 Å². The number of nitro benzene ring substituents is 1. The number of aryl methyl sites for hydroxylation is 2. The van der Waals surface area contributed by atoms with E-state index in [0.29, 0.717) is 5.56 Å². The van der Waals surface area contributed by atoms with E-state index in [2.05, 4.69) is 10.4 Å². The van der Waals surface area contributed by atoms with Crippen molar-refractivity contribution < 1.29 is 9.72 Å². The molecule has 25 heavy (non-hydrogen) atoms. The Balaban J connectivity index is 1.82. The van der Waals surface area contributed by atoms with Crippen molar-refractivity contribution >= 4 is 17.3 Å². The van der Waals surface area contributed by atoms with Gasteiger partial charge in [0.2, 0.25) is 0 Å². The average Bonchev–Trinajstić information content (AvgIpc) is 2.93. The van der Waals surface area contributed by atoms with Gasteiger partial charge < -0.3 is 5.32 Å². The molecule has 0 aliphatic carbocycles. The minimum Gasteiger partial charge on any atom is -0.316 e. The second kappa shape index (κ2) is 6.56. The van der Waals surface area contributed by atoms with Gasteiger partial charge in [0.15, 0.2) is 0 Å². The molecule has 0 saturated heterocycles. The Morgan fingerprint density at radius 3 is 2.40 bits per heavy atom. The molecule has 7 heteroatoms. The van der Waals surface area contributed by atoms with Crippen molar-refractivity contribution in [3.05, 3.63) is 81.7 Å². The molecule has 0 radical (unpaired) electrons. The third-order valence-electron chi connectivity index (χ3n) is 3.73. The Kier molecular flexibility index (Phi) is 4.30. The first-order valence-electron chi connectivity index (χ1n) is 7.64. The van der Waals surface area contributed by atoms with Crippen LogP contribution in [0, 0.1) is 24.0 Å². The van der Waals surface area contributed by atoms with Gasteiger partial charge in [-0.15, -0.1) is 0 Å². The largest absolute Gasteiger partial charge is 0.316 e. The fourth-order valence-corrected chi connectivity index (χ4v) is 2.58. The number of carbonyl (C=O) groups excluding carboxylic acids is 1. The third kappa shape index (κ3) is 3.40. The van der Waals surface area contributed by atoms with Gasteiger partial charge in [0.25, 0.3) is 11.6 Å². The van der Waals surface area contributed by atoms with Crippen LogP contribution in [0.25, 0.3) is 5.69 Å². The number of benzene rings is 2. The summed E-state index contributed by atoms with van der Waals surface area (Å²) in [5.41, 5.74) is 3.18. The predicted octanol–water partition coefficient (Wildman–Crippen LogP) is 3.65. The average molecular weight is 336 g/mol. The molecule has 3 rings (SSSR count). The van der Waals surface area contributed by atoms with E-state index < -0.39 is 10.8 Å². The Morgan fingerprint density at radius 2 is 1.80 bits per heavy atom. The minimum atomic E-state index is -0.526. The van der Waals surface area contributed by atoms with E-state index in [9.17, 15) is 14.9 Å². The number of anilines is 1. The summed E-state index contributed by atoms with van der Waals surface area (Å²) in [4.78, 5) is 22.8. The van der Waals surface area contributed by atoms with Crippen LogP contribution >= 0.6 is 0 Å². The summed E-state index contributed by atoms with van der Waals surface area (Å²) in [6.45, 7) is 3.87. The minimum absolute atomic E-state index is 0.143. The van der Waals surface area contributed by atoms with Crippen molar-refractivity contribution in [2.45, 2.75) is 13.8 Å². The predicted molar refractivity (Wildman–Crippen MR) is 94.1 cm³/mol. The van der Waals surface area contributed by atoms with Gasteiger partial charge in [0.1, 0.15) is 5.69 Å². The lowest BCUT2D eigenvalue weighted by Crippen LogP contribution is -2.13. The third-order valence-corrected chi connectivity index (χ3v) is 3.73. The maximum atomic E-state index is 12.4. The van der Waals surface area contributed by atoms with Gasteiger partial charge in [0, 0.05) is 17.3 Å². The number of nitrogens with zero attached hydrogens (tertiary/aromatic N) is 3. The van der Waals surface area contributed by atoms with Crippen LogP contribution in [-0.4, -0.2) is 20.6 Å². The molecular weight excluding hydrogens is 320 g/mol. The fourth-order valence-electron chi connectivity index (χ4n) is 2.58. The molecule has 0 unspecified atom stereocenters. The molecule has 0 bridgehead atoms. The van der Waals surface area contributed by atoms with E-state index in [-0.39, 0.29) is 11.4 Å². The molecule has 1 N–H and O–H groups in total. The van der Waals surface area contributed by atoms with Crippen LogP contribution in [0.1, 0.15) is 21.7 Å². The number of hydrogen-bond acceptors (Lipinski definition) is 4. The standard InChI is InChI=1S/C18H16N4O3/c1-12-11-13(2)21(20-12)15-9-7-14(8-10-15)18(23)19-16-5-3-4-6-17(16)22(24)25/h3-11H,1-2H3,(H,19,23). The highest BCUT2D eigenvalue weighted by molar-refractivity contribution is 6.05. The number of hydrogen-bond donors (Lipinski definition) is 1. The summed E-state index contributed by atoms with van der Waals surface area (Å²) in [6, 6.07) is 14.9. The topological polar surface area (TPSA) is 90.1 Å². The summed E-state index contributed by atoms with van der Waals surface area (Å²) in [5.74, 6) is -0.408. The Bertz CT molecular complexity index is 945.